The molecule has 188 valence electrons. The Bertz CT molecular complexity index is 1360. The molecule has 1 aliphatic heterocycles. The molecule has 0 radical (unpaired) electrons. The monoisotopic (exact) mass is 496 g/mol. The molecule has 2 N–H and O–H groups in total. The lowest BCUT2D eigenvalue weighted by atomic mass is 10.1. The van der Waals surface area contributed by atoms with Gasteiger partial charge in [0.1, 0.15) is 24.7 Å². The maximum absolute atomic E-state index is 12.5. The van der Waals surface area contributed by atoms with Gasteiger partial charge in [0.05, 0.1) is 6.10 Å². The predicted octanol–water partition coefficient (Wildman–Crippen LogP) is 5.05. The van der Waals surface area contributed by atoms with Crippen LogP contribution in [0.25, 0.3) is 10.8 Å². The molecule has 1 heterocycles. The molecule has 0 spiro atoms. The highest BCUT2D eigenvalue weighted by Gasteiger charge is 2.16. The number of benzene rings is 4. The van der Waals surface area contributed by atoms with E-state index < -0.39 is 11.8 Å². The third-order valence-electron chi connectivity index (χ3n) is 6.21. The summed E-state index contributed by atoms with van der Waals surface area (Å²) in [5, 5.41) is 2.28. The first-order valence-corrected chi connectivity index (χ1v) is 12.3. The number of rotatable bonds is 8. The van der Waals surface area contributed by atoms with Crippen molar-refractivity contribution in [1.29, 1.82) is 0 Å². The second-order valence-corrected chi connectivity index (χ2v) is 8.87. The quantitative estimate of drug-likeness (QED) is 0.334. The second-order valence-electron chi connectivity index (χ2n) is 8.87. The van der Waals surface area contributed by atoms with Crippen molar-refractivity contribution in [3.8, 4) is 11.5 Å². The molecule has 5 rings (SSSR count). The molecular weight excluding hydrogens is 468 g/mol. The van der Waals surface area contributed by atoms with Crippen LogP contribution in [0.5, 0.6) is 11.5 Å². The topological polar surface area (TPSA) is 85.9 Å². The summed E-state index contributed by atoms with van der Waals surface area (Å²) in [4.78, 5) is 24.9. The molecule has 7 nitrogen and oxygen atoms in total. The van der Waals surface area contributed by atoms with Gasteiger partial charge in [0.15, 0.2) is 0 Å². The largest absolute Gasteiger partial charge is 0.491 e. The zero-order valence-electron chi connectivity index (χ0n) is 20.3. The molecule has 0 aliphatic carbocycles. The molecule has 1 atom stereocenters. The van der Waals surface area contributed by atoms with Gasteiger partial charge in [-0.3, -0.25) is 20.4 Å². The van der Waals surface area contributed by atoms with Crippen molar-refractivity contribution < 1.29 is 23.8 Å². The molecule has 4 aromatic rings. The van der Waals surface area contributed by atoms with Crippen molar-refractivity contribution in [2.24, 2.45) is 0 Å². The summed E-state index contributed by atoms with van der Waals surface area (Å²) >= 11 is 0. The number of nitrogens with one attached hydrogen (secondary N) is 2. The zero-order valence-corrected chi connectivity index (χ0v) is 20.3. The lowest BCUT2D eigenvalue weighted by Gasteiger charge is -2.12. The highest BCUT2D eigenvalue weighted by Crippen LogP contribution is 2.21. The average molecular weight is 497 g/mol. The van der Waals surface area contributed by atoms with Gasteiger partial charge in [-0.25, -0.2) is 0 Å². The number of ether oxygens (including phenoxy) is 3. The summed E-state index contributed by atoms with van der Waals surface area (Å²) in [6.07, 6.45) is 2.19. The maximum atomic E-state index is 12.5. The van der Waals surface area contributed by atoms with Gasteiger partial charge in [0, 0.05) is 17.7 Å². The fourth-order valence-corrected chi connectivity index (χ4v) is 4.10. The molecule has 2 amide bonds. The third kappa shape index (κ3) is 6.45. The van der Waals surface area contributed by atoms with E-state index in [9.17, 15) is 9.59 Å². The average Bonchev–Trinajstić information content (AvgIpc) is 3.48. The van der Waals surface area contributed by atoms with Gasteiger partial charge in [-0.05, 0) is 77.7 Å². The van der Waals surface area contributed by atoms with E-state index in [0.717, 1.165) is 41.5 Å². The Labute approximate surface area is 215 Å². The molecule has 0 saturated carbocycles. The molecule has 1 fully saturated rings. The van der Waals surface area contributed by atoms with Crippen molar-refractivity contribution in [2.75, 3.05) is 13.2 Å². The van der Waals surface area contributed by atoms with E-state index in [4.69, 9.17) is 14.2 Å². The minimum absolute atomic E-state index is 0.129. The molecule has 1 aliphatic rings. The highest BCUT2D eigenvalue weighted by molar-refractivity contribution is 5.99. The SMILES string of the molecule is O=C(NNC(=O)c1ccc(OC[C@@H]2CCCO2)cc1)c1ccc(COc2ccc3ccccc3c2)cc1. The Hall–Kier alpha value is -4.36. The van der Waals surface area contributed by atoms with Crippen LogP contribution in [0.3, 0.4) is 0 Å². The molecule has 4 aromatic carbocycles. The minimum Gasteiger partial charge on any atom is -0.491 e. The molecule has 37 heavy (non-hydrogen) atoms. The Kier molecular flexibility index (Phi) is 7.62. The first kappa shape index (κ1) is 24.3. The van der Waals surface area contributed by atoms with Gasteiger partial charge in [-0.2, -0.15) is 0 Å². The lowest BCUT2D eigenvalue weighted by Crippen LogP contribution is -2.41. The summed E-state index contributed by atoms with van der Waals surface area (Å²) in [6, 6.07) is 27.9. The van der Waals surface area contributed by atoms with Crippen LogP contribution in [0, 0.1) is 0 Å². The van der Waals surface area contributed by atoms with E-state index in [2.05, 4.69) is 16.9 Å². The summed E-state index contributed by atoms with van der Waals surface area (Å²) < 4.78 is 17.2. The zero-order chi connectivity index (χ0) is 25.5. The Morgan fingerprint density at radius 2 is 1.41 bits per heavy atom. The van der Waals surface area contributed by atoms with E-state index in [1.165, 1.54) is 0 Å². The molecule has 7 heteroatoms. The molecule has 0 aromatic heterocycles. The van der Waals surface area contributed by atoms with Gasteiger partial charge in [-0.1, -0.05) is 42.5 Å². The number of fused-ring (bicyclic) bond motifs is 1. The van der Waals surface area contributed by atoms with Gasteiger partial charge in [0.25, 0.3) is 11.8 Å². The normalized spacial score (nSPS) is 14.8. The first-order valence-electron chi connectivity index (χ1n) is 12.3. The lowest BCUT2D eigenvalue weighted by molar-refractivity contribution is 0.0679. The van der Waals surface area contributed by atoms with Crippen LogP contribution < -0.4 is 20.3 Å². The van der Waals surface area contributed by atoms with Crippen molar-refractivity contribution in [3.63, 3.8) is 0 Å². The van der Waals surface area contributed by atoms with Crippen LogP contribution in [0.1, 0.15) is 39.1 Å². The minimum atomic E-state index is -0.417. The van der Waals surface area contributed by atoms with Crippen LogP contribution in [-0.4, -0.2) is 31.1 Å². The van der Waals surface area contributed by atoms with Crippen LogP contribution in [0.15, 0.2) is 91.0 Å². The van der Waals surface area contributed by atoms with E-state index in [-0.39, 0.29) is 6.10 Å². The molecule has 0 bridgehead atoms. The number of carbonyl (C=O) groups excluding carboxylic acids is 2. The number of amides is 2. The first-order chi connectivity index (χ1) is 18.1. The fourth-order valence-electron chi connectivity index (χ4n) is 4.10. The van der Waals surface area contributed by atoms with E-state index in [0.29, 0.717) is 30.1 Å². The smallest absolute Gasteiger partial charge is 0.269 e. The number of carbonyl (C=O) groups is 2. The van der Waals surface area contributed by atoms with Crippen molar-refractivity contribution >= 4 is 22.6 Å². The summed E-state index contributed by atoms with van der Waals surface area (Å²) in [5.41, 5.74) is 6.65. The number of hydrogen-bond donors (Lipinski definition) is 2. The fraction of sp³-hybridized carbons (Fsp3) is 0.200. The van der Waals surface area contributed by atoms with E-state index in [1.54, 1.807) is 36.4 Å². The number of hydrogen-bond acceptors (Lipinski definition) is 5. The van der Waals surface area contributed by atoms with Crippen molar-refractivity contribution in [3.05, 3.63) is 108 Å². The van der Waals surface area contributed by atoms with Crippen molar-refractivity contribution in [1.82, 2.24) is 10.9 Å². The van der Waals surface area contributed by atoms with Gasteiger partial charge in [0.2, 0.25) is 0 Å². The number of hydrazine groups is 1. The van der Waals surface area contributed by atoms with E-state index in [1.807, 2.05) is 48.5 Å². The summed E-state index contributed by atoms with van der Waals surface area (Å²) in [6.45, 7) is 1.66. The van der Waals surface area contributed by atoms with Crippen LogP contribution in [0.2, 0.25) is 0 Å². The third-order valence-corrected chi connectivity index (χ3v) is 6.21. The maximum Gasteiger partial charge on any atom is 0.269 e. The highest BCUT2D eigenvalue weighted by atomic mass is 16.5. The van der Waals surface area contributed by atoms with E-state index >= 15 is 0 Å². The standard InChI is InChI=1S/C30H28N2O5/c33-29(31-32-30(34)24-12-14-26(15-13-24)37-20-28-6-3-17-35-28)23-9-7-21(8-10-23)19-36-27-16-11-22-4-1-2-5-25(22)18-27/h1-2,4-5,7-16,18,28H,3,6,17,19-20H2,(H,31,33)(H,32,34)/t28-/m0/s1. The Morgan fingerprint density at radius 3 is 2.08 bits per heavy atom. The van der Waals surface area contributed by atoms with Crippen molar-refractivity contribution in [2.45, 2.75) is 25.6 Å². The summed E-state index contributed by atoms with van der Waals surface area (Å²) in [5.74, 6) is 0.623. The van der Waals surface area contributed by atoms with Crippen LogP contribution in [-0.2, 0) is 11.3 Å². The molecule has 1 saturated heterocycles. The predicted molar refractivity (Wildman–Crippen MR) is 141 cm³/mol. The second kappa shape index (κ2) is 11.6. The van der Waals surface area contributed by atoms with Gasteiger partial charge < -0.3 is 14.2 Å². The van der Waals surface area contributed by atoms with Crippen LogP contribution in [0.4, 0.5) is 0 Å². The molecular formula is C30H28N2O5. The Morgan fingerprint density at radius 1 is 0.757 bits per heavy atom. The van der Waals surface area contributed by atoms with Gasteiger partial charge >= 0.3 is 0 Å². The van der Waals surface area contributed by atoms with Crippen LogP contribution >= 0.6 is 0 Å². The summed E-state index contributed by atoms with van der Waals surface area (Å²) in [7, 11) is 0. The van der Waals surface area contributed by atoms with Gasteiger partial charge in [-0.15, -0.1) is 0 Å². The Balaban J connectivity index is 1.08. The molecule has 0 unspecified atom stereocenters.